The SMILES string of the molecule is O=CC1CC2(CCCCCC2)OC1=O. The van der Waals surface area contributed by atoms with E-state index in [2.05, 4.69) is 0 Å². The van der Waals surface area contributed by atoms with Gasteiger partial charge < -0.3 is 9.53 Å². The molecule has 1 spiro atoms. The molecule has 0 aromatic carbocycles. The number of aldehydes is 1. The van der Waals surface area contributed by atoms with Gasteiger partial charge in [0.25, 0.3) is 0 Å². The van der Waals surface area contributed by atoms with E-state index in [-0.39, 0.29) is 11.6 Å². The Morgan fingerprint density at radius 3 is 2.36 bits per heavy atom. The molecule has 0 bridgehead atoms. The van der Waals surface area contributed by atoms with Gasteiger partial charge in [-0.05, 0) is 25.7 Å². The molecule has 1 aliphatic heterocycles. The molecule has 0 amide bonds. The fraction of sp³-hybridized carbons (Fsp3) is 0.818. The van der Waals surface area contributed by atoms with Gasteiger partial charge in [-0.1, -0.05) is 12.8 Å². The van der Waals surface area contributed by atoms with Crippen LogP contribution in [0, 0.1) is 5.92 Å². The Balaban J connectivity index is 2.09. The molecule has 78 valence electrons. The van der Waals surface area contributed by atoms with Crippen LogP contribution in [-0.2, 0) is 14.3 Å². The average Bonchev–Trinajstić information content (AvgIpc) is 2.36. The summed E-state index contributed by atoms with van der Waals surface area (Å²) in [5, 5.41) is 0. The van der Waals surface area contributed by atoms with Crippen molar-refractivity contribution >= 4 is 12.3 Å². The topological polar surface area (TPSA) is 43.4 Å². The molecule has 14 heavy (non-hydrogen) atoms. The second kappa shape index (κ2) is 3.71. The van der Waals surface area contributed by atoms with Crippen LogP contribution in [0.25, 0.3) is 0 Å². The highest BCUT2D eigenvalue weighted by Gasteiger charge is 2.46. The summed E-state index contributed by atoms with van der Waals surface area (Å²) in [6.07, 6.45) is 7.96. The number of hydrogen-bond donors (Lipinski definition) is 0. The lowest BCUT2D eigenvalue weighted by molar-refractivity contribution is -0.151. The van der Waals surface area contributed by atoms with Gasteiger partial charge in [0.15, 0.2) is 0 Å². The van der Waals surface area contributed by atoms with Crippen molar-refractivity contribution in [1.82, 2.24) is 0 Å². The number of ether oxygens (including phenoxy) is 1. The van der Waals surface area contributed by atoms with Crippen molar-refractivity contribution in [3.63, 3.8) is 0 Å². The monoisotopic (exact) mass is 196 g/mol. The predicted molar refractivity (Wildman–Crippen MR) is 50.7 cm³/mol. The minimum absolute atomic E-state index is 0.279. The maximum atomic E-state index is 11.3. The van der Waals surface area contributed by atoms with Crippen molar-refractivity contribution in [1.29, 1.82) is 0 Å². The zero-order valence-electron chi connectivity index (χ0n) is 8.33. The van der Waals surface area contributed by atoms with E-state index in [0.29, 0.717) is 6.42 Å². The highest BCUT2D eigenvalue weighted by Crippen LogP contribution is 2.40. The van der Waals surface area contributed by atoms with Crippen LogP contribution in [0.2, 0.25) is 0 Å². The van der Waals surface area contributed by atoms with E-state index in [1.165, 1.54) is 12.8 Å². The summed E-state index contributed by atoms with van der Waals surface area (Å²) in [4.78, 5) is 22.0. The second-order valence-corrected chi connectivity index (χ2v) is 4.47. The third kappa shape index (κ3) is 1.68. The number of carbonyl (C=O) groups excluding carboxylic acids is 2. The molecule has 2 aliphatic rings. The first-order valence-corrected chi connectivity index (χ1v) is 5.44. The van der Waals surface area contributed by atoms with Crippen LogP contribution in [0.4, 0.5) is 0 Å². The van der Waals surface area contributed by atoms with Gasteiger partial charge in [-0.3, -0.25) is 4.79 Å². The normalized spacial score (nSPS) is 31.1. The maximum Gasteiger partial charge on any atom is 0.316 e. The van der Waals surface area contributed by atoms with E-state index in [1.807, 2.05) is 0 Å². The number of hydrogen-bond acceptors (Lipinski definition) is 3. The molecule has 1 unspecified atom stereocenters. The summed E-state index contributed by atoms with van der Waals surface area (Å²) < 4.78 is 5.40. The van der Waals surface area contributed by atoms with Crippen LogP contribution in [0.1, 0.15) is 44.9 Å². The molecule has 0 aromatic rings. The summed E-state index contributed by atoms with van der Waals surface area (Å²) in [6, 6.07) is 0. The fourth-order valence-corrected chi connectivity index (χ4v) is 2.60. The molecule has 2 fully saturated rings. The van der Waals surface area contributed by atoms with Gasteiger partial charge in [0.2, 0.25) is 0 Å². The van der Waals surface area contributed by atoms with E-state index < -0.39 is 5.92 Å². The molecule has 1 heterocycles. The number of esters is 1. The highest BCUT2D eigenvalue weighted by molar-refractivity contribution is 5.89. The molecule has 1 saturated carbocycles. The average molecular weight is 196 g/mol. The van der Waals surface area contributed by atoms with Crippen LogP contribution >= 0.6 is 0 Å². The van der Waals surface area contributed by atoms with E-state index in [0.717, 1.165) is 32.0 Å². The van der Waals surface area contributed by atoms with E-state index in [4.69, 9.17) is 4.74 Å². The number of rotatable bonds is 1. The van der Waals surface area contributed by atoms with E-state index in [1.54, 1.807) is 0 Å². The van der Waals surface area contributed by atoms with Crippen molar-refractivity contribution in [2.45, 2.75) is 50.5 Å². The van der Waals surface area contributed by atoms with Gasteiger partial charge in [0.1, 0.15) is 17.8 Å². The Labute approximate surface area is 83.8 Å². The first kappa shape index (κ1) is 9.69. The Bertz CT molecular complexity index is 239. The molecule has 3 heteroatoms. The van der Waals surface area contributed by atoms with Crippen LogP contribution in [0.3, 0.4) is 0 Å². The molecular weight excluding hydrogens is 180 g/mol. The molecule has 2 rings (SSSR count). The second-order valence-electron chi connectivity index (χ2n) is 4.47. The fourth-order valence-electron chi connectivity index (χ4n) is 2.60. The molecule has 3 nitrogen and oxygen atoms in total. The molecule has 1 aliphatic carbocycles. The Morgan fingerprint density at radius 1 is 1.21 bits per heavy atom. The lowest BCUT2D eigenvalue weighted by atomic mass is 9.88. The minimum Gasteiger partial charge on any atom is -0.458 e. The summed E-state index contributed by atoms with van der Waals surface area (Å²) in [5.74, 6) is -0.796. The first-order valence-electron chi connectivity index (χ1n) is 5.44. The number of carbonyl (C=O) groups is 2. The summed E-state index contributed by atoms with van der Waals surface area (Å²) in [5.41, 5.74) is -0.279. The minimum atomic E-state index is -0.493. The third-order valence-corrected chi connectivity index (χ3v) is 3.39. The largest absolute Gasteiger partial charge is 0.458 e. The smallest absolute Gasteiger partial charge is 0.316 e. The van der Waals surface area contributed by atoms with Crippen molar-refractivity contribution in [2.75, 3.05) is 0 Å². The maximum absolute atomic E-state index is 11.3. The van der Waals surface area contributed by atoms with Gasteiger partial charge in [-0.25, -0.2) is 0 Å². The highest BCUT2D eigenvalue weighted by atomic mass is 16.6. The summed E-state index contributed by atoms with van der Waals surface area (Å²) in [7, 11) is 0. The predicted octanol–water partition coefficient (Wildman–Crippen LogP) is 1.84. The van der Waals surface area contributed by atoms with Crippen molar-refractivity contribution in [2.24, 2.45) is 5.92 Å². The van der Waals surface area contributed by atoms with Crippen LogP contribution in [-0.4, -0.2) is 17.9 Å². The van der Waals surface area contributed by atoms with Crippen molar-refractivity contribution in [3.05, 3.63) is 0 Å². The Morgan fingerprint density at radius 2 is 1.86 bits per heavy atom. The standard InChI is InChI=1S/C11H16O3/c12-8-9-7-11(14-10(9)13)5-3-1-2-4-6-11/h8-9H,1-7H2. The Hall–Kier alpha value is -0.860. The quantitative estimate of drug-likeness (QED) is 0.365. The zero-order chi connectivity index (χ0) is 10.0. The molecule has 0 N–H and O–H groups in total. The van der Waals surface area contributed by atoms with Crippen LogP contribution < -0.4 is 0 Å². The van der Waals surface area contributed by atoms with E-state index in [9.17, 15) is 9.59 Å². The molecule has 1 atom stereocenters. The first-order chi connectivity index (χ1) is 6.76. The molecule has 0 aromatic heterocycles. The summed E-state index contributed by atoms with van der Waals surface area (Å²) in [6.45, 7) is 0. The van der Waals surface area contributed by atoms with Crippen molar-refractivity contribution < 1.29 is 14.3 Å². The van der Waals surface area contributed by atoms with Gasteiger partial charge in [0.05, 0.1) is 0 Å². The van der Waals surface area contributed by atoms with Crippen molar-refractivity contribution in [3.8, 4) is 0 Å². The lowest BCUT2D eigenvalue weighted by Gasteiger charge is -2.25. The van der Waals surface area contributed by atoms with Gasteiger partial charge in [-0.2, -0.15) is 0 Å². The van der Waals surface area contributed by atoms with Crippen LogP contribution in [0.5, 0.6) is 0 Å². The van der Waals surface area contributed by atoms with Gasteiger partial charge >= 0.3 is 5.97 Å². The van der Waals surface area contributed by atoms with Crippen LogP contribution in [0.15, 0.2) is 0 Å². The zero-order valence-corrected chi connectivity index (χ0v) is 8.33. The molecular formula is C11H16O3. The van der Waals surface area contributed by atoms with Gasteiger partial charge in [-0.15, -0.1) is 0 Å². The van der Waals surface area contributed by atoms with E-state index >= 15 is 0 Å². The third-order valence-electron chi connectivity index (χ3n) is 3.39. The summed E-state index contributed by atoms with van der Waals surface area (Å²) >= 11 is 0. The molecule has 0 radical (unpaired) electrons. The van der Waals surface area contributed by atoms with Gasteiger partial charge in [0, 0.05) is 6.42 Å². The lowest BCUT2D eigenvalue weighted by Crippen LogP contribution is -2.27. The Kier molecular flexibility index (Phi) is 2.57. The molecule has 1 saturated heterocycles.